The van der Waals surface area contributed by atoms with Gasteiger partial charge < -0.3 is 5.32 Å². The number of benzene rings is 2. The Labute approximate surface area is 206 Å². The average Bonchev–Trinajstić information content (AvgIpc) is 3.33. The third-order valence-corrected chi connectivity index (χ3v) is 7.36. The number of rotatable bonds is 3. The Morgan fingerprint density at radius 2 is 1.94 bits per heavy atom. The van der Waals surface area contributed by atoms with Crippen molar-refractivity contribution in [2.45, 2.75) is 25.8 Å². The predicted molar refractivity (Wildman–Crippen MR) is 138 cm³/mol. The maximum Gasteiger partial charge on any atom is 0.270 e. The first-order chi connectivity index (χ1) is 16.8. The molecule has 8 nitrogen and oxygen atoms in total. The molecule has 0 fully saturated rings. The number of hydrogen-bond donors (Lipinski definition) is 1. The first-order valence-electron chi connectivity index (χ1n) is 11.5. The van der Waals surface area contributed by atoms with Crippen LogP contribution in [0.5, 0.6) is 0 Å². The smallest absolute Gasteiger partial charge is 0.270 e. The highest BCUT2D eigenvalue weighted by atomic mass is 35.5. The summed E-state index contributed by atoms with van der Waals surface area (Å²) < 4.78 is 3.26. The molecule has 3 aromatic heterocycles. The number of anilines is 2. The summed E-state index contributed by atoms with van der Waals surface area (Å²) in [5, 5.41) is 4.15. The fraction of sp³-hybridized carbons (Fsp3) is 0.231. The number of fused-ring (bicyclic) bond motifs is 4. The highest BCUT2D eigenvalue weighted by Gasteiger charge is 2.32. The number of hydrogen-bond acceptors (Lipinski definition) is 6. The van der Waals surface area contributed by atoms with Crippen molar-refractivity contribution in [2.24, 2.45) is 0 Å². The maximum atomic E-state index is 13.5. The molecule has 2 aromatic carbocycles. The number of para-hydroxylation sites is 1. The number of nitrogens with one attached hydrogen (secondary N) is 1. The molecule has 0 saturated heterocycles. The van der Waals surface area contributed by atoms with E-state index in [4.69, 9.17) is 16.6 Å². The Morgan fingerprint density at radius 1 is 1.11 bits per heavy atom. The van der Waals surface area contributed by atoms with E-state index in [2.05, 4.69) is 59.3 Å². The largest absolute Gasteiger partial charge is 0.324 e. The van der Waals surface area contributed by atoms with Gasteiger partial charge in [0, 0.05) is 36.4 Å². The molecule has 0 radical (unpaired) electrons. The van der Waals surface area contributed by atoms with Crippen LogP contribution in [0.25, 0.3) is 22.5 Å². The van der Waals surface area contributed by atoms with E-state index in [1.54, 1.807) is 35.1 Å². The van der Waals surface area contributed by atoms with Crippen molar-refractivity contribution in [1.82, 2.24) is 28.8 Å². The summed E-state index contributed by atoms with van der Waals surface area (Å²) >= 11 is 6.40. The number of nitrogens with zero attached hydrogens (tertiary/aromatic N) is 6. The molecule has 1 N–H and O–H groups in total. The maximum absolute atomic E-state index is 13.5. The van der Waals surface area contributed by atoms with Crippen molar-refractivity contribution in [3.05, 3.63) is 87.6 Å². The van der Waals surface area contributed by atoms with Gasteiger partial charge in [0.2, 0.25) is 11.7 Å². The van der Waals surface area contributed by atoms with E-state index in [0.717, 1.165) is 18.7 Å². The molecule has 9 heteroatoms. The second-order valence-electron chi connectivity index (χ2n) is 9.35. The lowest BCUT2D eigenvalue weighted by molar-refractivity contribution is 0.143. The molecule has 0 spiro atoms. The van der Waals surface area contributed by atoms with Crippen LogP contribution in [0, 0.1) is 0 Å². The summed E-state index contributed by atoms with van der Waals surface area (Å²) in [4.78, 5) is 29.4. The van der Waals surface area contributed by atoms with Crippen molar-refractivity contribution in [2.75, 3.05) is 18.9 Å². The van der Waals surface area contributed by atoms with Gasteiger partial charge in [0.05, 0.1) is 10.7 Å². The average molecular weight is 486 g/mol. The van der Waals surface area contributed by atoms with Crippen molar-refractivity contribution in [3.63, 3.8) is 0 Å². The molecule has 0 saturated carbocycles. The Morgan fingerprint density at radius 3 is 2.77 bits per heavy atom. The van der Waals surface area contributed by atoms with E-state index in [-0.39, 0.29) is 11.1 Å². The first kappa shape index (κ1) is 21.8. The molecule has 5 aromatic rings. The van der Waals surface area contributed by atoms with Crippen LogP contribution in [0.1, 0.15) is 25.0 Å². The molecular weight excluding hydrogens is 462 g/mol. The number of likely N-dealkylation sites (N-methyl/N-ethyl adjacent to an activating group) is 1. The Balaban J connectivity index is 1.46. The van der Waals surface area contributed by atoms with E-state index in [0.29, 0.717) is 33.5 Å². The van der Waals surface area contributed by atoms with Crippen LogP contribution in [-0.2, 0) is 12.0 Å². The molecule has 176 valence electrons. The molecule has 0 aliphatic carbocycles. The van der Waals surface area contributed by atoms with Crippen LogP contribution in [-0.4, -0.2) is 42.4 Å². The van der Waals surface area contributed by atoms with E-state index < -0.39 is 0 Å². The molecule has 0 unspecified atom stereocenters. The normalized spacial score (nSPS) is 15.4. The molecule has 4 heterocycles. The van der Waals surface area contributed by atoms with Gasteiger partial charge in [-0.3, -0.25) is 14.1 Å². The monoisotopic (exact) mass is 485 g/mol. The molecule has 1 aliphatic heterocycles. The summed E-state index contributed by atoms with van der Waals surface area (Å²) in [5.74, 6) is 0.836. The van der Waals surface area contributed by atoms with E-state index in [9.17, 15) is 4.79 Å². The van der Waals surface area contributed by atoms with Gasteiger partial charge in [-0.25, -0.2) is 14.5 Å². The lowest BCUT2D eigenvalue weighted by atomic mass is 9.83. The SMILES string of the molecule is CN1CCc2ccc(Nc3ncc4c(=O)n(-c5ccccc5Cl)c5nccn5c4n3)cc2C1(C)C. The van der Waals surface area contributed by atoms with Crippen LogP contribution >= 0.6 is 11.6 Å². The van der Waals surface area contributed by atoms with Gasteiger partial charge in [-0.2, -0.15) is 4.98 Å². The Kier molecular flexibility index (Phi) is 4.91. The summed E-state index contributed by atoms with van der Waals surface area (Å²) in [6.45, 7) is 5.51. The number of imidazole rings is 1. The third-order valence-electron chi connectivity index (χ3n) is 7.04. The van der Waals surface area contributed by atoms with Gasteiger partial charge in [0.1, 0.15) is 5.39 Å². The summed E-state index contributed by atoms with van der Waals surface area (Å²) in [5.41, 5.74) is 4.23. The van der Waals surface area contributed by atoms with Crippen LogP contribution in [0.15, 0.2) is 65.8 Å². The van der Waals surface area contributed by atoms with Crippen molar-refractivity contribution in [1.29, 1.82) is 0 Å². The summed E-state index contributed by atoms with van der Waals surface area (Å²) in [6, 6.07) is 13.6. The van der Waals surface area contributed by atoms with Gasteiger partial charge in [0.25, 0.3) is 5.56 Å². The van der Waals surface area contributed by atoms with Crippen molar-refractivity contribution < 1.29 is 0 Å². The second kappa shape index (κ2) is 7.90. The lowest BCUT2D eigenvalue weighted by Gasteiger charge is -2.41. The van der Waals surface area contributed by atoms with Crippen LogP contribution in [0.4, 0.5) is 11.6 Å². The Bertz CT molecular complexity index is 1670. The zero-order valence-corrected chi connectivity index (χ0v) is 20.4. The van der Waals surface area contributed by atoms with Crippen molar-refractivity contribution in [3.8, 4) is 5.69 Å². The second-order valence-corrected chi connectivity index (χ2v) is 9.75. The highest BCUT2D eigenvalue weighted by molar-refractivity contribution is 6.32. The van der Waals surface area contributed by atoms with E-state index in [1.165, 1.54) is 15.7 Å². The molecule has 35 heavy (non-hydrogen) atoms. The van der Waals surface area contributed by atoms with Gasteiger partial charge in [0.15, 0.2) is 5.65 Å². The van der Waals surface area contributed by atoms with Gasteiger partial charge >= 0.3 is 0 Å². The molecule has 0 bridgehead atoms. The topological polar surface area (TPSA) is 80.4 Å². The molecule has 0 amide bonds. The Hall–Kier alpha value is -3.75. The summed E-state index contributed by atoms with van der Waals surface area (Å²) in [6.07, 6.45) is 5.99. The van der Waals surface area contributed by atoms with Crippen LogP contribution in [0.2, 0.25) is 5.02 Å². The standard InChI is InChI=1S/C26H24ClN7O/c1-26(2)19-14-17(9-8-16(19)10-12-32(26)3)30-24-29-15-18-22(31-24)33-13-11-28-25(33)34(23(18)35)21-7-5-4-6-20(21)27/h4-9,11,13-15H,10,12H2,1-3H3,(H,29,30,31). The molecule has 0 atom stereocenters. The predicted octanol–water partition coefficient (Wildman–Crippen LogP) is 4.55. The fourth-order valence-corrected chi connectivity index (χ4v) is 5.02. The fourth-order valence-electron chi connectivity index (χ4n) is 4.80. The minimum atomic E-state index is -0.281. The number of halogens is 1. The van der Waals surface area contributed by atoms with E-state index >= 15 is 0 Å². The lowest BCUT2D eigenvalue weighted by Crippen LogP contribution is -2.43. The molecular formula is C26H24ClN7O. The van der Waals surface area contributed by atoms with Crippen molar-refractivity contribution >= 4 is 40.0 Å². The highest BCUT2D eigenvalue weighted by Crippen LogP contribution is 2.36. The zero-order valence-electron chi connectivity index (χ0n) is 19.7. The van der Waals surface area contributed by atoms with Gasteiger partial charge in [-0.15, -0.1) is 0 Å². The van der Waals surface area contributed by atoms with E-state index in [1.807, 2.05) is 12.1 Å². The van der Waals surface area contributed by atoms with Crippen LogP contribution in [0.3, 0.4) is 0 Å². The minimum Gasteiger partial charge on any atom is -0.324 e. The minimum absolute atomic E-state index is 0.0672. The first-order valence-corrected chi connectivity index (χ1v) is 11.8. The number of aromatic nitrogens is 5. The molecule has 6 rings (SSSR count). The van der Waals surface area contributed by atoms with Gasteiger partial charge in [-0.05, 0) is 62.7 Å². The van der Waals surface area contributed by atoms with Crippen LogP contribution < -0.4 is 10.9 Å². The van der Waals surface area contributed by atoms with Gasteiger partial charge in [-0.1, -0.05) is 29.8 Å². The zero-order chi connectivity index (χ0) is 24.3. The summed E-state index contributed by atoms with van der Waals surface area (Å²) in [7, 11) is 2.15. The molecule has 1 aliphatic rings. The third kappa shape index (κ3) is 3.40. The quantitative estimate of drug-likeness (QED) is 0.404.